The summed E-state index contributed by atoms with van der Waals surface area (Å²) in [6, 6.07) is 11.4. The summed E-state index contributed by atoms with van der Waals surface area (Å²) < 4.78 is 18.5. The van der Waals surface area contributed by atoms with Gasteiger partial charge in [0.2, 0.25) is 0 Å². The molecule has 1 spiro atoms. The van der Waals surface area contributed by atoms with Crippen molar-refractivity contribution in [1.29, 1.82) is 0 Å². The minimum Gasteiger partial charge on any atom is -0.480 e. The fraction of sp³-hybridized carbons (Fsp3) is 0.458. The Bertz CT molecular complexity index is 978. The molecule has 1 aliphatic carbocycles. The van der Waals surface area contributed by atoms with Crippen molar-refractivity contribution in [1.82, 2.24) is 9.88 Å². The Morgan fingerprint density at radius 3 is 2.61 bits per heavy atom. The lowest BCUT2D eigenvalue weighted by Gasteiger charge is -2.49. The molecule has 0 radical (unpaired) electrons. The van der Waals surface area contributed by atoms with E-state index in [0.717, 1.165) is 15.6 Å². The van der Waals surface area contributed by atoms with Gasteiger partial charge in [-0.1, -0.05) is 30.3 Å². The molecule has 2 heterocycles. The van der Waals surface area contributed by atoms with Gasteiger partial charge >= 0.3 is 12.1 Å². The summed E-state index contributed by atoms with van der Waals surface area (Å²) in [7, 11) is 0. The molecule has 1 aromatic carbocycles. The van der Waals surface area contributed by atoms with Crippen molar-refractivity contribution >= 4 is 28.0 Å². The summed E-state index contributed by atoms with van der Waals surface area (Å²) in [5, 5.41) is 9.21. The zero-order valence-corrected chi connectivity index (χ0v) is 19.8. The Morgan fingerprint density at radius 2 is 1.91 bits per heavy atom. The highest BCUT2D eigenvalue weighted by Crippen LogP contribution is 2.48. The summed E-state index contributed by atoms with van der Waals surface area (Å²) in [5.41, 5.74) is 0.558. The van der Waals surface area contributed by atoms with E-state index in [2.05, 4.69) is 20.9 Å². The van der Waals surface area contributed by atoms with Crippen LogP contribution in [0.2, 0.25) is 0 Å². The second-order valence-electron chi connectivity index (χ2n) is 8.53. The van der Waals surface area contributed by atoms with E-state index in [9.17, 15) is 14.7 Å². The number of aliphatic carboxylic acids is 1. The van der Waals surface area contributed by atoms with E-state index >= 15 is 0 Å². The molecule has 176 valence electrons. The molecule has 0 bridgehead atoms. The molecule has 0 atom stereocenters. The number of carboxylic acid groups (broad SMARTS) is 1. The molecule has 1 N–H and O–H groups in total. The molecule has 0 unspecified atom stereocenters. The summed E-state index contributed by atoms with van der Waals surface area (Å²) >= 11 is 3.54. The van der Waals surface area contributed by atoms with E-state index in [1.54, 1.807) is 17.3 Å². The van der Waals surface area contributed by atoms with Crippen LogP contribution in [0.3, 0.4) is 0 Å². The number of rotatable bonds is 6. The fourth-order valence-electron chi connectivity index (χ4n) is 4.66. The van der Waals surface area contributed by atoms with Crippen LogP contribution in [0.25, 0.3) is 0 Å². The predicted octanol–water partition coefficient (Wildman–Crippen LogP) is 4.12. The maximum Gasteiger partial charge on any atom is 0.410 e. The third-order valence-corrected chi connectivity index (χ3v) is 7.05. The van der Waals surface area contributed by atoms with E-state index in [-0.39, 0.29) is 19.3 Å². The molecule has 2 fully saturated rings. The number of pyridine rings is 1. The van der Waals surface area contributed by atoms with Gasteiger partial charge in [0.05, 0.1) is 24.4 Å². The third-order valence-electron chi connectivity index (χ3n) is 6.42. The summed E-state index contributed by atoms with van der Waals surface area (Å²) in [5.74, 6) is -1.01. The van der Waals surface area contributed by atoms with Gasteiger partial charge in [-0.25, -0.2) is 9.59 Å². The second kappa shape index (κ2) is 10.2. The van der Waals surface area contributed by atoms with Gasteiger partial charge in [0.15, 0.2) is 0 Å². The van der Waals surface area contributed by atoms with Gasteiger partial charge in [-0.15, -0.1) is 0 Å². The van der Waals surface area contributed by atoms with Gasteiger partial charge in [0.25, 0.3) is 0 Å². The highest BCUT2D eigenvalue weighted by molar-refractivity contribution is 9.10. The van der Waals surface area contributed by atoms with Crippen molar-refractivity contribution in [2.24, 2.45) is 0 Å². The summed E-state index contributed by atoms with van der Waals surface area (Å²) in [6.45, 7) is 1.19. The van der Waals surface area contributed by atoms with Crippen LogP contribution in [0.15, 0.2) is 53.3 Å². The Balaban J connectivity index is 1.43. The first-order chi connectivity index (χ1) is 15.9. The van der Waals surface area contributed by atoms with Crippen molar-refractivity contribution in [3.05, 3.63) is 64.4 Å². The normalized spacial score (nSPS) is 25.1. The minimum absolute atomic E-state index is 0.228. The molecule has 1 saturated heterocycles. The highest BCUT2D eigenvalue weighted by atomic mass is 79.9. The van der Waals surface area contributed by atoms with E-state index < -0.39 is 17.2 Å². The molecule has 1 aliphatic heterocycles. The molecule has 9 heteroatoms. The minimum atomic E-state index is -1.01. The van der Waals surface area contributed by atoms with Gasteiger partial charge in [-0.05, 0) is 53.2 Å². The number of benzene rings is 1. The molecule has 2 aromatic rings. The van der Waals surface area contributed by atoms with Crippen LogP contribution in [-0.2, 0) is 31.2 Å². The van der Waals surface area contributed by atoms with Crippen molar-refractivity contribution in [2.45, 2.75) is 43.5 Å². The monoisotopic (exact) mass is 518 g/mol. The van der Waals surface area contributed by atoms with Gasteiger partial charge in [0.1, 0.15) is 13.2 Å². The van der Waals surface area contributed by atoms with Gasteiger partial charge in [-0.2, -0.15) is 0 Å². The highest BCUT2D eigenvalue weighted by Gasteiger charge is 2.48. The van der Waals surface area contributed by atoms with Crippen LogP contribution in [0, 0.1) is 0 Å². The molecule has 33 heavy (non-hydrogen) atoms. The Kier molecular flexibility index (Phi) is 7.31. The number of hydrogen-bond acceptors (Lipinski definition) is 6. The number of amides is 1. The lowest BCUT2D eigenvalue weighted by atomic mass is 9.72. The lowest BCUT2D eigenvalue weighted by Crippen LogP contribution is -2.57. The average molecular weight is 519 g/mol. The first-order valence-electron chi connectivity index (χ1n) is 11.0. The van der Waals surface area contributed by atoms with Crippen LogP contribution in [-0.4, -0.2) is 59.0 Å². The molecular formula is C24H27BrN2O6. The number of morpholine rings is 1. The van der Waals surface area contributed by atoms with Crippen LogP contribution in [0.5, 0.6) is 0 Å². The second-order valence-corrected chi connectivity index (χ2v) is 9.38. The van der Waals surface area contributed by atoms with Gasteiger partial charge < -0.3 is 24.2 Å². The lowest BCUT2D eigenvalue weighted by molar-refractivity contribution is -0.177. The maximum absolute atomic E-state index is 12.7. The van der Waals surface area contributed by atoms with Crippen LogP contribution in [0.1, 0.15) is 36.8 Å². The van der Waals surface area contributed by atoms with Gasteiger partial charge in [-0.3, -0.25) is 4.98 Å². The molecule has 8 nitrogen and oxygen atoms in total. The third kappa shape index (κ3) is 5.54. The van der Waals surface area contributed by atoms with E-state index in [0.29, 0.717) is 45.4 Å². The number of hydrogen-bond donors (Lipinski definition) is 1. The molecule has 1 saturated carbocycles. The zero-order chi connectivity index (χ0) is 23.3. The Labute approximate surface area is 201 Å². The largest absolute Gasteiger partial charge is 0.480 e. The van der Waals surface area contributed by atoms with Crippen molar-refractivity contribution in [3.8, 4) is 0 Å². The fourth-order valence-corrected chi connectivity index (χ4v) is 5.27. The topological polar surface area (TPSA) is 98.2 Å². The van der Waals surface area contributed by atoms with Crippen LogP contribution < -0.4 is 0 Å². The molecule has 4 rings (SSSR count). The number of nitrogens with zero attached hydrogens (tertiary/aromatic N) is 2. The maximum atomic E-state index is 12.7. The number of carboxylic acids is 1. The van der Waals surface area contributed by atoms with E-state index in [1.807, 2.05) is 36.4 Å². The predicted molar refractivity (Wildman–Crippen MR) is 123 cm³/mol. The number of carbonyl (C=O) groups excluding carboxylic acids is 1. The molecule has 1 aromatic heterocycles. The molecular weight excluding hydrogens is 492 g/mol. The van der Waals surface area contributed by atoms with Crippen LogP contribution in [0.4, 0.5) is 4.79 Å². The number of aromatic nitrogens is 1. The first-order valence-corrected chi connectivity index (χ1v) is 11.8. The van der Waals surface area contributed by atoms with E-state index in [1.165, 1.54) is 0 Å². The Hall–Kier alpha value is -2.49. The zero-order valence-electron chi connectivity index (χ0n) is 18.2. The quantitative estimate of drug-likeness (QED) is 0.613. The number of ether oxygens (including phenoxy) is 3. The van der Waals surface area contributed by atoms with E-state index in [4.69, 9.17) is 14.2 Å². The summed E-state index contributed by atoms with van der Waals surface area (Å²) in [4.78, 5) is 29.8. The van der Waals surface area contributed by atoms with Crippen molar-refractivity contribution in [3.63, 3.8) is 0 Å². The molecule has 1 amide bonds. The molecule has 2 aliphatic rings. The van der Waals surface area contributed by atoms with Crippen molar-refractivity contribution < 1.29 is 28.9 Å². The smallest absolute Gasteiger partial charge is 0.410 e. The SMILES string of the molecule is O=C(O)COC1(c2ccncc2Br)CCC2(CC1)CN(C(=O)OCc1ccccc1)CCO2. The number of halogens is 1. The average Bonchev–Trinajstić information content (AvgIpc) is 2.84. The Morgan fingerprint density at radius 1 is 1.15 bits per heavy atom. The van der Waals surface area contributed by atoms with Gasteiger partial charge in [0, 0.05) is 29.0 Å². The van der Waals surface area contributed by atoms with Crippen LogP contribution >= 0.6 is 15.9 Å². The number of carbonyl (C=O) groups is 2. The summed E-state index contributed by atoms with van der Waals surface area (Å²) in [6.07, 6.45) is 5.40. The standard InChI is InChI=1S/C24H27BrN2O6/c25-20-14-26-11-6-19(20)24(33-16-21(28)29)9-7-23(8-10-24)17-27(12-13-32-23)22(30)31-15-18-4-2-1-3-5-18/h1-6,11,14H,7-10,12-13,15-17H2,(H,28,29). The van der Waals surface area contributed by atoms with Crippen molar-refractivity contribution in [2.75, 3.05) is 26.3 Å². The first kappa shape index (κ1) is 23.7.